The van der Waals surface area contributed by atoms with E-state index in [0.717, 1.165) is 32.1 Å². The first-order valence-corrected chi connectivity index (χ1v) is 13.1. The number of hydrogen-bond donors (Lipinski definition) is 0. The van der Waals surface area contributed by atoms with Crippen LogP contribution in [0.1, 0.15) is 79.6 Å². The number of rotatable bonds is 1. The van der Waals surface area contributed by atoms with E-state index in [1.165, 1.54) is 17.3 Å². The highest BCUT2D eigenvalue weighted by atomic mass is 32.2. The largest absolute Gasteiger partial charge is 0.458 e. The second-order valence-corrected chi connectivity index (χ2v) is 13.5. The molecule has 3 fully saturated rings. The summed E-state index contributed by atoms with van der Waals surface area (Å²) in [6.45, 7) is 10.6. The lowest BCUT2D eigenvalue weighted by atomic mass is 9.48. The Morgan fingerprint density at radius 1 is 1.12 bits per heavy atom. The van der Waals surface area contributed by atoms with Crippen molar-refractivity contribution in [3.63, 3.8) is 0 Å². The standard InChI is InChI=1S/C27H36O4S/c1-24(2,3)23(30)32-20-15-16-14-17(28)6-10-25(16,4)18-7-11-26(5)19(22(18)20)8-12-27(26)13-9-21(29)31-27/h7,11,14,18-20,22H,6,8-10,12-13,15H2,1-5H3/t18?,19?,20-,22?,25?,26?,27-/m1/s1. The molecule has 1 heterocycles. The highest BCUT2D eigenvalue weighted by Crippen LogP contribution is 2.68. The summed E-state index contributed by atoms with van der Waals surface area (Å²) in [7, 11) is 0. The van der Waals surface area contributed by atoms with Crippen LogP contribution in [-0.4, -0.2) is 27.7 Å². The van der Waals surface area contributed by atoms with Gasteiger partial charge in [-0.05, 0) is 61.3 Å². The molecule has 1 spiro atoms. The van der Waals surface area contributed by atoms with Crippen LogP contribution in [0.5, 0.6) is 0 Å². The fourth-order valence-electron chi connectivity index (χ4n) is 7.59. The Morgan fingerprint density at radius 2 is 1.88 bits per heavy atom. The second-order valence-electron chi connectivity index (χ2n) is 12.3. The van der Waals surface area contributed by atoms with E-state index in [9.17, 15) is 14.4 Å². The maximum absolute atomic E-state index is 13.2. The van der Waals surface area contributed by atoms with Crippen molar-refractivity contribution in [1.82, 2.24) is 0 Å². The van der Waals surface area contributed by atoms with Gasteiger partial charge >= 0.3 is 5.97 Å². The first-order valence-electron chi connectivity index (χ1n) is 12.3. The van der Waals surface area contributed by atoms with E-state index < -0.39 is 5.41 Å². The third-order valence-electron chi connectivity index (χ3n) is 9.60. The lowest BCUT2D eigenvalue weighted by Crippen LogP contribution is -2.55. The molecular weight excluding hydrogens is 420 g/mol. The molecule has 1 saturated heterocycles. The van der Waals surface area contributed by atoms with Crippen molar-refractivity contribution in [3.05, 3.63) is 23.8 Å². The number of fused-ring (bicyclic) bond motifs is 6. The van der Waals surface area contributed by atoms with Gasteiger partial charge in [-0.1, -0.05) is 64.1 Å². The summed E-state index contributed by atoms with van der Waals surface area (Å²) < 4.78 is 6.06. The Balaban J connectivity index is 1.59. The molecule has 0 bridgehead atoms. The number of thioether (sulfide) groups is 1. The molecule has 4 aliphatic carbocycles. The van der Waals surface area contributed by atoms with E-state index in [-0.39, 0.29) is 38.5 Å². The fraction of sp³-hybridized carbons (Fsp3) is 0.741. The van der Waals surface area contributed by atoms with E-state index in [0.29, 0.717) is 30.6 Å². The second kappa shape index (κ2) is 7.07. The summed E-state index contributed by atoms with van der Waals surface area (Å²) in [5.74, 6) is 1.19. The molecule has 5 heteroatoms. The van der Waals surface area contributed by atoms with Crippen molar-refractivity contribution < 1.29 is 19.1 Å². The van der Waals surface area contributed by atoms with Gasteiger partial charge in [0.05, 0.1) is 0 Å². The molecular formula is C27H36O4S. The first kappa shape index (κ1) is 22.4. The van der Waals surface area contributed by atoms with Gasteiger partial charge < -0.3 is 4.74 Å². The van der Waals surface area contributed by atoms with Gasteiger partial charge in [0, 0.05) is 28.9 Å². The zero-order chi connectivity index (χ0) is 23.1. The number of carbonyl (C=O) groups excluding carboxylic acids is 3. The average Bonchev–Trinajstić information content (AvgIpc) is 3.23. The highest BCUT2D eigenvalue weighted by Gasteiger charge is 2.67. The molecule has 0 N–H and O–H groups in total. The molecule has 5 unspecified atom stereocenters. The molecule has 5 rings (SSSR count). The number of ketones is 1. The predicted octanol–water partition coefficient (Wildman–Crippen LogP) is 5.65. The Bertz CT molecular complexity index is 942. The van der Waals surface area contributed by atoms with Crippen LogP contribution in [0.2, 0.25) is 0 Å². The number of hydrogen-bond acceptors (Lipinski definition) is 5. The topological polar surface area (TPSA) is 60.4 Å². The van der Waals surface area contributed by atoms with Crippen LogP contribution in [-0.2, 0) is 19.1 Å². The van der Waals surface area contributed by atoms with Crippen LogP contribution in [0.15, 0.2) is 23.8 Å². The molecule has 5 aliphatic rings. The van der Waals surface area contributed by atoms with Gasteiger partial charge in [0.25, 0.3) is 0 Å². The minimum absolute atomic E-state index is 0.0274. The van der Waals surface area contributed by atoms with Gasteiger partial charge in [-0.25, -0.2) is 0 Å². The summed E-state index contributed by atoms with van der Waals surface area (Å²) in [6.07, 6.45) is 12.2. The minimum Gasteiger partial charge on any atom is -0.458 e. The molecule has 7 atom stereocenters. The van der Waals surface area contributed by atoms with E-state index in [4.69, 9.17) is 4.74 Å². The Hall–Kier alpha value is -1.36. The highest BCUT2D eigenvalue weighted by molar-refractivity contribution is 8.14. The first-order chi connectivity index (χ1) is 14.9. The SMILES string of the molecule is CC(C)(C)C(=O)S[C@@H]1CC2=CC(=O)CCC2(C)C2C=CC3(C)C(CC[C@@]34CCC(=O)O4)C21. The van der Waals surface area contributed by atoms with Crippen molar-refractivity contribution >= 4 is 28.6 Å². The molecule has 1 aliphatic heterocycles. The fourth-order valence-corrected chi connectivity index (χ4v) is 8.99. The van der Waals surface area contributed by atoms with Crippen LogP contribution >= 0.6 is 11.8 Å². The van der Waals surface area contributed by atoms with E-state index in [1.54, 1.807) is 0 Å². The normalized spacial score (nSPS) is 45.2. The predicted molar refractivity (Wildman–Crippen MR) is 126 cm³/mol. The summed E-state index contributed by atoms with van der Waals surface area (Å²) in [4.78, 5) is 37.7. The van der Waals surface area contributed by atoms with Crippen LogP contribution in [0.3, 0.4) is 0 Å². The van der Waals surface area contributed by atoms with Crippen LogP contribution in [0.25, 0.3) is 0 Å². The van der Waals surface area contributed by atoms with Crippen LogP contribution in [0, 0.1) is 34.0 Å². The third-order valence-corrected chi connectivity index (χ3v) is 11.2. The van der Waals surface area contributed by atoms with Gasteiger partial charge in [-0.2, -0.15) is 0 Å². The Kier molecular flexibility index (Phi) is 4.96. The van der Waals surface area contributed by atoms with Gasteiger partial charge in [0.15, 0.2) is 10.9 Å². The van der Waals surface area contributed by atoms with Gasteiger partial charge in [0.1, 0.15) is 5.60 Å². The van der Waals surface area contributed by atoms with Gasteiger partial charge in [0.2, 0.25) is 0 Å². The molecule has 0 aromatic heterocycles. The lowest BCUT2D eigenvalue weighted by Gasteiger charge is -2.58. The quantitative estimate of drug-likeness (QED) is 0.377. The molecule has 174 valence electrons. The van der Waals surface area contributed by atoms with E-state index in [1.807, 2.05) is 26.8 Å². The molecule has 4 nitrogen and oxygen atoms in total. The van der Waals surface area contributed by atoms with Crippen molar-refractivity contribution in [3.8, 4) is 0 Å². The minimum atomic E-state index is -0.399. The zero-order valence-electron chi connectivity index (χ0n) is 20.0. The molecule has 2 saturated carbocycles. The maximum Gasteiger partial charge on any atom is 0.306 e. The average molecular weight is 457 g/mol. The smallest absolute Gasteiger partial charge is 0.306 e. The van der Waals surface area contributed by atoms with Crippen LogP contribution in [0.4, 0.5) is 0 Å². The lowest BCUT2D eigenvalue weighted by molar-refractivity contribution is -0.157. The number of ether oxygens (including phenoxy) is 1. The molecule has 0 aromatic rings. The van der Waals surface area contributed by atoms with Crippen molar-refractivity contribution in [2.24, 2.45) is 34.0 Å². The Labute approximate surface area is 196 Å². The van der Waals surface area contributed by atoms with E-state index in [2.05, 4.69) is 26.0 Å². The molecule has 32 heavy (non-hydrogen) atoms. The number of allylic oxidation sites excluding steroid dienone is 3. The van der Waals surface area contributed by atoms with Crippen molar-refractivity contribution in [1.29, 1.82) is 0 Å². The van der Waals surface area contributed by atoms with Gasteiger partial charge in [-0.15, -0.1) is 0 Å². The van der Waals surface area contributed by atoms with Crippen molar-refractivity contribution in [2.75, 3.05) is 0 Å². The monoisotopic (exact) mass is 456 g/mol. The Morgan fingerprint density at radius 3 is 2.53 bits per heavy atom. The summed E-state index contributed by atoms with van der Waals surface area (Å²) in [6, 6.07) is 0. The van der Waals surface area contributed by atoms with Gasteiger partial charge in [-0.3, -0.25) is 14.4 Å². The summed E-state index contributed by atoms with van der Waals surface area (Å²) >= 11 is 1.52. The molecule has 0 amide bonds. The zero-order valence-corrected chi connectivity index (χ0v) is 20.8. The summed E-state index contributed by atoms with van der Waals surface area (Å²) in [5, 5.41) is 0.377. The number of carbonyl (C=O) groups is 3. The number of esters is 1. The van der Waals surface area contributed by atoms with Crippen molar-refractivity contribution in [2.45, 2.75) is 90.4 Å². The summed E-state index contributed by atoms with van der Waals surface area (Å²) in [5.41, 5.74) is 0.233. The van der Waals surface area contributed by atoms with E-state index >= 15 is 0 Å². The molecule has 0 aromatic carbocycles. The maximum atomic E-state index is 13.2. The van der Waals surface area contributed by atoms with Crippen LogP contribution < -0.4 is 0 Å². The molecule has 0 radical (unpaired) electrons. The third kappa shape index (κ3) is 3.05.